The fourth-order valence-electron chi connectivity index (χ4n) is 5.01. The third-order valence-electron chi connectivity index (χ3n) is 7.10. The first-order chi connectivity index (χ1) is 20.9. The lowest BCUT2D eigenvalue weighted by molar-refractivity contribution is 0.0941. The van der Waals surface area contributed by atoms with Gasteiger partial charge in [-0.05, 0) is 54.8 Å². The van der Waals surface area contributed by atoms with Gasteiger partial charge in [-0.3, -0.25) is 14.2 Å². The smallest absolute Gasteiger partial charge is 0.264 e. The van der Waals surface area contributed by atoms with Crippen molar-refractivity contribution in [2.24, 2.45) is 0 Å². The highest BCUT2D eigenvalue weighted by molar-refractivity contribution is 6.04. The van der Waals surface area contributed by atoms with Crippen LogP contribution in [-0.4, -0.2) is 30.2 Å². The number of carbonyl (C=O) groups is 1. The van der Waals surface area contributed by atoms with Crippen molar-refractivity contribution in [3.05, 3.63) is 135 Å². The first kappa shape index (κ1) is 27.4. The van der Waals surface area contributed by atoms with Crippen LogP contribution in [0, 0.1) is 17.7 Å². The lowest BCUT2D eigenvalue weighted by Gasteiger charge is -2.21. The van der Waals surface area contributed by atoms with Gasteiger partial charge in [0.1, 0.15) is 11.4 Å². The molecule has 1 atom stereocenters. The van der Waals surface area contributed by atoms with E-state index in [2.05, 4.69) is 27.2 Å². The van der Waals surface area contributed by atoms with Crippen LogP contribution < -0.4 is 16.6 Å². The van der Waals surface area contributed by atoms with Crippen molar-refractivity contribution in [3.8, 4) is 17.5 Å². The monoisotopic (exact) mass is 572 g/mol. The third-order valence-corrected chi connectivity index (χ3v) is 7.10. The Morgan fingerprint density at radius 1 is 1.07 bits per heavy atom. The first-order valence-corrected chi connectivity index (χ1v) is 13.4. The van der Waals surface area contributed by atoms with E-state index in [-0.39, 0.29) is 22.5 Å². The van der Waals surface area contributed by atoms with Gasteiger partial charge in [0.15, 0.2) is 11.5 Å². The number of nitrogens with two attached hydrogens (primary N) is 1. The number of halogens is 1. The Labute approximate surface area is 245 Å². The summed E-state index contributed by atoms with van der Waals surface area (Å²) in [5.41, 5.74) is 8.38. The van der Waals surface area contributed by atoms with Gasteiger partial charge in [-0.2, -0.15) is 0 Å². The molecule has 6 aromatic rings. The molecule has 0 radical (unpaired) electrons. The highest BCUT2D eigenvalue weighted by Gasteiger charge is 2.24. The molecule has 3 heterocycles. The third kappa shape index (κ3) is 5.09. The van der Waals surface area contributed by atoms with Gasteiger partial charge < -0.3 is 16.2 Å². The number of pyridine rings is 1. The number of fused-ring (bicyclic) bond motifs is 2. The number of aromatic nitrogens is 4. The molecule has 6 rings (SSSR count). The highest BCUT2D eigenvalue weighted by atomic mass is 19.1. The van der Waals surface area contributed by atoms with E-state index in [1.165, 1.54) is 16.6 Å². The zero-order chi connectivity index (χ0) is 30.1. The molecular weight excluding hydrogens is 547 g/mol. The Morgan fingerprint density at radius 3 is 2.65 bits per heavy atom. The maximum absolute atomic E-state index is 14.2. The summed E-state index contributed by atoms with van der Waals surface area (Å²) in [5.74, 6) is 4.95. The van der Waals surface area contributed by atoms with Crippen molar-refractivity contribution in [3.63, 3.8) is 0 Å². The number of nitrogens with one attached hydrogen (secondary N) is 1. The van der Waals surface area contributed by atoms with Crippen LogP contribution in [0.3, 0.4) is 0 Å². The summed E-state index contributed by atoms with van der Waals surface area (Å²) in [6.45, 7) is 1.37. The lowest BCUT2D eigenvalue weighted by Crippen LogP contribution is -2.32. The van der Waals surface area contributed by atoms with Gasteiger partial charge in [0.2, 0.25) is 0 Å². The van der Waals surface area contributed by atoms with Crippen LogP contribution in [-0.2, 0) is 6.61 Å². The van der Waals surface area contributed by atoms with E-state index in [9.17, 15) is 19.1 Å². The van der Waals surface area contributed by atoms with E-state index in [0.717, 1.165) is 0 Å². The number of anilines is 1. The van der Waals surface area contributed by atoms with E-state index in [1.54, 1.807) is 66.3 Å². The van der Waals surface area contributed by atoms with Crippen LogP contribution in [0.25, 0.3) is 22.1 Å². The maximum atomic E-state index is 14.2. The number of para-hydroxylation sites is 1. The van der Waals surface area contributed by atoms with Gasteiger partial charge in [0, 0.05) is 40.5 Å². The second kappa shape index (κ2) is 11.2. The fourth-order valence-corrected chi connectivity index (χ4v) is 5.01. The second-order valence-electron chi connectivity index (χ2n) is 9.87. The Kier molecular flexibility index (Phi) is 7.15. The minimum Gasteiger partial charge on any atom is -0.392 e. The molecule has 4 N–H and O–H groups in total. The molecule has 0 aliphatic carbocycles. The molecule has 9 nitrogen and oxygen atoms in total. The normalized spacial score (nSPS) is 11.7. The number of rotatable bonds is 5. The van der Waals surface area contributed by atoms with Crippen LogP contribution in [0.1, 0.15) is 45.7 Å². The molecular formula is C33H25FN6O3. The average Bonchev–Trinajstić information content (AvgIpc) is 3.36. The molecule has 1 amide bonds. The lowest BCUT2D eigenvalue weighted by atomic mass is 10.0. The summed E-state index contributed by atoms with van der Waals surface area (Å²) in [4.78, 5) is 31.9. The Balaban J connectivity index is 1.46. The molecule has 43 heavy (non-hydrogen) atoms. The van der Waals surface area contributed by atoms with E-state index in [1.807, 2.05) is 24.3 Å². The summed E-state index contributed by atoms with van der Waals surface area (Å²) in [5, 5.41) is 17.4. The minimum absolute atomic E-state index is 0.0384. The van der Waals surface area contributed by atoms with Crippen molar-refractivity contribution < 1.29 is 14.3 Å². The molecule has 212 valence electrons. The van der Waals surface area contributed by atoms with Crippen LogP contribution in [0.2, 0.25) is 0 Å². The van der Waals surface area contributed by atoms with Crippen LogP contribution >= 0.6 is 0 Å². The Hall–Kier alpha value is -5.79. The van der Waals surface area contributed by atoms with Gasteiger partial charge in [0.25, 0.3) is 11.5 Å². The van der Waals surface area contributed by atoms with E-state index in [4.69, 9.17) is 5.73 Å². The topological polar surface area (TPSA) is 128 Å². The van der Waals surface area contributed by atoms with Gasteiger partial charge in [-0.15, -0.1) is 5.10 Å². The SMILES string of the molecule is C[C@H](NC(=O)c1c(N)nn2cccnc12)c1cc2cccc(C#Cc3ccc(CO)c(F)c3)c2c(=O)n1-c1ccccc1. The fraction of sp³-hybridized carbons (Fsp3) is 0.0909. The number of benzene rings is 3. The van der Waals surface area contributed by atoms with Crippen molar-refractivity contribution in [2.75, 3.05) is 5.73 Å². The zero-order valence-corrected chi connectivity index (χ0v) is 23.0. The highest BCUT2D eigenvalue weighted by Crippen LogP contribution is 2.24. The molecule has 0 fully saturated rings. The number of nitrogen functional groups attached to an aromatic ring is 1. The molecule has 3 aromatic heterocycles. The van der Waals surface area contributed by atoms with Crippen molar-refractivity contribution in [2.45, 2.75) is 19.6 Å². The molecule has 0 saturated carbocycles. The summed E-state index contributed by atoms with van der Waals surface area (Å²) < 4.78 is 17.2. The van der Waals surface area contributed by atoms with Crippen LogP contribution in [0.4, 0.5) is 10.2 Å². The zero-order valence-electron chi connectivity index (χ0n) is 23.0. The molecule has 0 spiro atoms. The summed E-state index contributed by atoms with van der Waals surface area (Å²) in [6, 6.07) is 21.6. The molecule has 10 heteroatoms. The predicted octanol–water partition coefficient (Wildman–Crippen LogP) is 4.14. The summed E-state index contributed by atoms with van der Waals surface area (Å²) in [6.07, 6.45) is 3.20. The quantitative estimate of drug-likeness (QED) is 0.267. The average molecular weight is 573 g/mol. The van der Waals surface area contributed by atoms with Gasteiger partial charge in [-0.1, -0.05) is 48.2 Å². The predicted molar refractivity (Wildman–Crippen MR) is 161 cm³/mol. The van der Waals surface area contributed by atoms with Gasteiger partial charge in [-0.25, -0.2) is 13.9 Å². The summed E-state index contributed by atoms with van der Waals surface area (Å²) >= 11 is 0. The molecule has 0 saturated heterocycles. The Morgan fingerprint density at radius 2 is 1.88 bits per heavy atom. The first-order valence-electron chi connectivity index (χ1n) is 13.4. The molecule has 0 unspecified atom stereocenters. The van der Waals surface area contributed by atoms with Crippen molar-refractivity contribution in [1.29, 1.82) is 0 Å². The van der Waals surface area contributed by atoms with E-state index in [0.29, 0.717) is 38.9 Å². The Bertz CT molecular complexity index is 2140. The standard InChI is InChI=1S/C33H25FN6O3/c1-20(37-32(42)29-30(35)38-39-16-6-15-36-31(29)39)27-18-23-8-5-7-22(13-11-21-12-14-24(19-41)26(34)17-21)28(23)33(43)40(27)25-9-3-2-4-10-25/h2-10,12,14-18,20,41H,19H2,1H3,(H2,35,38)(H,37,42)/t20-/m0/s1. The van der Waals surface area contributed by atoms with Gasteiger partial charge in [0.05, 0.1) is 18.0 Å². The number of amides is 1. The number of carbonyl (C=O) groups excluding carboxylic acids is 1. The maximum Gasteiger partial charge on any atom is 0.264 e. The number of aliphatic hydroxyl groups excluding tert-OH is 1. The molecule has 0 aliphatic heterocycles. The van der Waals surface area contributed by atoms with E-state index < -0.39 is 24.4 Å². The largest absolute Gasteiger partial charge is 0.392 e. The molecule has 0 aliphatic rings. The summed E-state index contributed by atoms with van der Waals surface area (Å²) in [7, 11) is 0. The van der Waals surface area contributed by atoms with Crippen molar-refractivity contribution >= 4 is 28.1 Å². The number of aliphatic hydroxyl groups is 1. The van der Waals surface area contributed by atoms with Crippen molar-refractivity contribution in [1.82, 2.24) is 24.5 Å². The number of hydrogen-bond donors (Lipinski definition) is 3. The number of nitrogens with zero attached hydrogens (tertiary/aromatic N) is 4. The van der Waals surface area contributed by atoms with Gasteiger partial charge >= 0.3 is 0 Å². The molecule has 3 aromatic carbocycles. The van der Waals surface area contributed by atoms with Crippen LogP contribution in [0.15, 0.2) is 96.1 Å². The van der Waals surface area contributed by atoms with E-state index >= 15 is 0 Å². The molecule has 0 bridgehead atoms. The van der Waals surface area contributed by atoms with Crippen LogP contribution in [0.5, 0.6) is 0 Å². The second-order valence-corrected chi connectivity index (χ2v) is 9.87. The number of hydrogen-bond acceptors (Lipinski definition) is 6. The minimum atomic E-state index is -0.634.